The Labute approximate surface area is 133 Å². The zero-order chi connectivity index (χ0) is 15.6. The van der Waals surface area contributed by atoms with Crippen molar-refractivity contribution in [2.75, 3.05) is 31.1 Å². The number of nitrogens with zero attached hydrogens (tertiary/aromatic N) is 7. The molecular weight excluding hydrogens is 294 g/mol. The molecular formula is C15H19N7O. The zero-order valence-corrected chi connectivity index (χ0v) is 13.1. The van der Waals surface area contributed by atoms with E-state index in [4.69, 9.17) is 4.42 Å². The van der Waals surface area contributed by atoms with E-state index in [1.165, 1.54) is 0 Å². The van der Waals surface area contributed by atoms with Crippen LogP contribution in [-0.2, 0) is 6.54 Å². The smallest absolute Gasteiger partial charge is 0.203 e. The van der Waals surface area contributed by atoms with Gasteiger partial charge in [0, 0.05) is 52.0 Å². The predicted octanol–water partition coefficient (Wildman–Crippen LogP) is 1.13. The predicted molar refractivity (Wildman–Crippen MR) is 84.1 cm³/mol. The summed E-state index contributed by atoms with van der Waals surface area (Å²) in [5.74, 6) is 1.63. The van der Waals surface area contributed by atoms with Crippen LogP contribution in [0.25, 0.3) is 5.65 Å². The van der Waals surface area contributed by atoms with Crippen LogP contribution in [-0.4, -0.2) is 55.6 Å². The molecule has 0 aliphatic carbocycles. The molecule has 0 saturated carbocycles. The van der Waals surface area contributed by atoms with Crippen molar-refractivity contribution < 1.29 is 4.42 Å². The molecule has 4 heterocycles. The molecule has 0 unspecified atom stereocenters. The fraction of sp³-hybridized carbons (Fsp3) is 0.467. The van der Waals surface area contributed by atoms with Crippen molar-refractivity contribution in [3.63, 3.8) is 0 Å². The second-order valence-electron chi connectivity index (χ2n) is 5.79. The molecule has 0 N–H and O–H groups in total. The Balaban J connectivity index is 1.47. The first-order chi connectivity index (χ1) is 11.3. The molecule has 0 spiro atoms. The monoisotopic (exact) mass is 313 g/mol. The van der Waals surface area contributed by atoms with Gasteiger partial charge in [0.1, 0.15) is 12.6 Å². The highest BCUT2D eigenvalue weighted by molar-refractivity contribution is 5.63. The third-order valence-corrected chi connectivity index (χ3v) is 4.14. The third kappa shape index (κ3) is 2.89. The average Bonchev–Trinajstić information content (AvgIpc) is 3.12. The van der Waals surface area contributed by atoms with Gasteiger partial charge < -0.3 is 9.32 Å². The topological polar surface area (TPSA) is 75.6 Å². The van der Waals surface area contributed by atoms with Crippen LogP contribution >= 0.6 is 0 Å². The van der Waals surface area contributed by atoms with Crippen molar-refractivity contribution in [1.82, 2.24) is 29.5 Å². The number of hydrogen-bond acceptors (Lipinski definition) is 7. The Hall–Kier alpha value is -2.48. The lowest BCUT2D eigenvalue weighted by Crippen LogP contribution is -2.31. The fourth-order valence-electron chi connectivity index (χ4n) is 3.02. The van der Waals surface area contributed by atoms with Gasteiger partial charge in [-0.3, -0.25) is 9.30 Å². The minimum absolute atomic E-state index is 0.721. The Kier molecular flexibility index (Phi) is 3.66. The van der Waals surface area contributed by atoms with Gasteiger partial charge in [0.15, 0.2) is 11.7 Å². The van der Waals surface area contributed by atoms with Crippen LogP contribution in [0.5, 0.6) is 0 Å². The van der Waals surface area contributed by atoms with E-state index in [9.17, 15) is 0 Å². The molecule has 3 aromatic rings. The molecule has 1 fully saturated rings. The summed E-state index contributed by atoms with van der Waals surface area (Å²) in [6.07, 6.45) is 8.20. The third-order valence-electron chi connectivity index (χ3n) is 4.14. The van der Waals surface area contributed by atoms with Gasteiger partial charge in [-0.1, -0.05) is 0 Å². The van der Waals surface area contributed by atoms with Crippen LogP contribution in [0.4, 0.5) is 5.82 Å². The zero-order valence-electron chi connectivity index (χ0n) is 13.1. The summed E-state index contributed by atoms with van der Waals surface area (Å²) in [4.78, 5) is 13.6. The molecule has 0 aromatic carbocycles. The van der Waals surface area contributed by atoms with Gasteiger partial charge in [0.05, 0.1) is 5.69 Å². The van der Waals surface area contributed by atoms with Crippen molar-refractivity contribution in [3.05, 3.63) is 36.6 Å². The first-order valence-electron chi connectivity index (χ1n) is 7.82. The minimum Gasteiger partial charge on any atom is -0.449 e. The van der Waals surface area contributed by atoms with E-state index >= 15 is 0 Å². The maximum absolute atomic E-state index is 5.29. The van der Waals surface area contributed by atoms with Gasteiger partial charge in [-0.2, -0.15) is 0 Å². The molecule has 1 aliphatic rings. The summed E-state index contributed by atoms with van der Waals surface area (Å²) in [5.41, 5.74) is 1.81. The van der Waals surface area contributed by atoms with Gasteiger partial charge in [-0.15, -0.1) is 10.2 Å². The van der Waals surface area contributed by atoms with E-state index in [0.717, 1.165) is 62.2 Å². The number of anilines is 1. The van der Waals surface area contributed by atoms with Crippen LogP contribution < -0.4 is 4.90 Å². The highest BCUT2D eigenvalue weighted by atomic mass is 16.3. The van der Waals surface area contributed by atoms with E-state index in [-0.39, 0.29) is 0 Å². The Morgan fingerprint density at radius 1 is 1.22 bits per heavy atom. The highest BCUT2D eigenvalue weighted by Crippen LogP contribution is 2.18. The lowest BCUT2D eigenvalue weighted by Gasteiger charge is -2.22. The quantitative estimate of drug-likeness (QED) is 0.717. The normalized spacial score (nSPS) is 16.8. The molecule has 0 bridgehead atoms. The average molecular weight is 313 g/mol. The summed E-state index contributed by atoms with van der Waals surface area (Å²) in [6, 6.07) is 0. The number of aryl methyl sites for hydroxylation is 1. The Bertz CT molecular complexity index is 796. The largest absolute Gasteiger partial charge is 0.449 e. The van der Waals surface area contributed by atoms with Crippen molar-refractivity contribution >= 4 is 11.5 Å². The lowest BCUT2D eigenvalue weighted by atomic mass is 10.3. The van der Waals surface area contributed by atoms with Crippen LogP contribution in [0.2, 0.25) is 0 Å². The van der Waals surface area contributed by atoms with Crippen molar-refractivity contribution in [3.8, 4) is 0 Å². The SMILES string of the molecule is Cc1nc(CN2CCCN(c3nccn4cnnc34)CC2)co1. The van der Waals surface area contributed by atoms with E-state index in [0.29, 0.717) is 0 Å². The molecule has 8 heteroatoms. The van der Waals surface area contributed by atoms with E-state index in [2.05, 4.69) is 30.0 Å². The second-order valence-corrected chi connectivity index (χ2v) is 5.79. The molecule has 0 radical (unpaired) electrons. The van der Waals surface area contributed by atoms with Crippen LogP contribution in [0.1, 0.15) is 18.0 Å². The van der Waals surface area contributed by atoms with Gasteiger partial charge >= 0.3 is 0 Å². The number of hydrogen-bond donors (Lipinski definition) is 0. The Morgan fingerprint density at radius 2 is 2.17 bits per heavy atom. The molecule has 23 heavy (non-hydrogen) atoms. The molecule has 0 amide bonds. The van der Waals surface area contributed by atoms with E-state index in [1.807, 2.05) is 17.5 Å². The summed E-state index contributed by atoms with van der Waals surface area (Å²) in [5, 5.41) is 8.16. The van der Waals surface area contributed by atoms with Crippen LogP contribution in [0.15, 0.2) is 29.4 Å². The molecule has 120 valence electrons. The first-order valence-corrected chi connectivity index (χ1v) is 7.82. The highest BCUT2D eigenvalue weighted by Gasteiger charge is 2.19. The van der Waals surface area contributed by atoms with Crippen molar-refractivity contribution in [2.24, 2.45) is 0 Å². The van der Waals surface area contributed by atoms with Gasteiger partial charge in [-0.05, 0) is 6.42 Å². The summed E-state index contributed by atoms with van der Waals surface area (Å²) in [7, 11) is 0. The second kappa shape index (κ2) is 5.96. The molecule has 0 atom stereocenters. The Morgan fingerprint density at radius 3 is 3.04 bits per heavy atom. The van der Waals surface area contributed by atoms with Crippen LogP contribution in [0.3, 0.4) is 0 Å². The number of fused-ring (bicyclic) bond motifs is 1. The van der Waals surface area contributed by atoms with Gasteiger partial charge in [0.2, 0.25) is 5.65 Å². The van der Waals surface area contributed by atoms with Gasteiger partial charge in [-0.25, -0.2) is 9.97 Å². The van der Waals surface area contributed by atoms with Crippen molar-refractivity contribution in [1.29, 1.82) is 0 Å². The summed E-state index contributed by atoms with van der Waals surface area (Å²) in [6.45, 7) is 6.58. The molecule has 1 aliphatic heterocycles. The van der Waals surface area contributed by atoms with Crippen LogP contribution in [0, 0.1) is 6.92 Å². The maximum atomic E-state index is 5.29. The number of rotatable bonds is 3. The first kappa shape index (κ1) is 14.1. The molecule has 8 nitrogen and oxygen atoms in total. The molecule has 3 aromatic heterocycles. The maximum Gasteiger partial charge on any atom is 0.203 e. The van der Waals surface area contributed by atoms with E-state index in [1.54, 1.807) is 18.8 Å². The molecule has 1 saturated heterocycles. The van der Waals surface area contributed by atoms with Crippen molar-refractivity contribution in [2.45, 2.75) is 19.9 Å². The van der Waals surface area contributed by atoms with E-state index < -0.39 is 0 Å². The summed E-state index contributed by atoms with van der Waals surface area (Å²) >= 11 is 0. The number of aromatic nitrogens is 5. The fourth-order valence-corrected chi connectivity index (χ4v) is 3.02. The number of oxazole rings is 1. The molecule has 4 rings (SSSR count). The minimum atomic E-state index is 0.721. The standard InChI is InChI=1S/C15H19N7O/c1-12-18-13(10-23-12)9-20-4-2-5-21(8-7-20)14-15-19-17-11-22(15)6-3-16-14/h3,6,10-11H,2,4-5,7-9H2,1H3. The van der Waals surface area contributed by atoms with Gasteiger partial charge in [0.25, 0.3) is 0 Å². The lowest BCUT2D eigenvalue weighted by molar-refractivity contribution is 0.282. The summed E-state index contributed by atoms with van der Waals surface area (Å²) < 4.78 is 7.20.